The topological polar surface area (TPSA) is 43.4 Å². The summed E-state index contributed by atoms with van der Waals surface area (Å²) in [4.78, 5) is 19.6. The van der Waals surface area contributed by atoms with Crippen molar-refractivity contribution in [3.8, 4) is 0 Å². The molecule has 1 rings (SSSR count). The number of esters is 2. The van der Waals surface area contributed by atoms with Gasteiger partial charge in [0, 0.05) is 13.8 Å². The van der Waals surface area contributed by atoms with E-state index in [1.54, 1.807) is 0 Å². The number of hydrogen-bond donors (Lipinski definition) is 0. The number of hydrogen-bond acceptors (Lipinski definition) is 3. The van der Waals surface area contributed by atoms with Crippen LogP contribution in [0, 0.1) is 0 Å². The summed E-state index contributed by atoms with van der Waals surface area (Å²) in [5, 5.41) is 0. The van der Waals surface area contributed by atoms with Crippen molar-refractivity contribution in [3.63, 3.8) is 0 Å². The van der Waals surface area contributed by atoms with Gasteiger partial charge in [0.15, 0.2) is 0 Å². The lowest BCUT2D eigenvalue weighted by Crippen LogP contribution is -2.03. The van der Waals surface area contributed by atoms with Gasteiger partial charge in [0.2, 0.25) is 0 Å². The molecule has 0 bridgehead atoms. The summed E-state index contributed by atoms with van der Waals surface area (Å²) in [6, 6.07) is 12.0. The molecular formula is C10H12O3. The van der Waals surface area contributed by atoms with Crippen LogP contribution in [-0.4, -0.2) is 11.9 Å². The van der Waals surface area contributed by atoms with E-state index >= 15 is 0 Å². The van der Waals surface area contributed by atoms with Crippen LogP contribution in [-0.2, 0) is 14.3 Å². The monoisotopic (exact) mass is 180 g/mol. The maximum atomic E-state index is 9.81. The Morgan fingerprint density at radius 3 is 1.08 bits per heavy atom. The molecule has 0 aliphatic carbocycles. The van der Waals surface area contributed by atoms with Crippen molar-refractivity contribution in [1.29, 1.82) is 0 Å². The van der Waals surface area contributed by atoms with Crippen molar-refractivity contribution in [2.24, 2.45) is 0 Å². The fourth-order valence-corrected chi connectivity index (χ4v) is 0.587. The molecule has 0 saturated carbocycles. The highest BCUT2D eigenvalue weighted by Gasteiger charge is 1.93. The summed E-state index contributed by atoms with van der Waals surface area (Å²) >= 11 is 0. The minimum Gasteiger partial charge on any atom is -0.394 e. The molecule has 3 nitrogen and oxygen atoms in total. The first-order chi connectivity index (χ1) is 6.13. The lowest BCUT2D eigenvalue weighted by atomic mass is 10.4. The van der Waals surface area contributed by atoms with E-state index in [4.69, 9.17) is 0 Å². The first-order valence-corrected chi connectivity index (χ1v) is 3.82. The molecule has 13 heavy (non-hydrogen) atoms. The molecule has 0 heterocycles. The second-order valence-corrected chi connectivity index (χ2v) is 2.24. The fraction of sp³-hybridized carbons (Fsp3) is 0.200. The Morgan fingerprint density at radius 2 is 1.00 bits per heavy atom. The van der Waals surface area contributed by atoms with Crippen LogP contribution in [0.4, 0.5) is 0 Å². The first-order valence-electron chi connectivity index (χ1n) is 3.82. The van der Waals surface area contributed by atoms with Crippen molar-refractivity contribution in [2.45, 2.75) is 13.8 Å². The molecule has 1 aromatic rings. The zero-order valence-corrected chi connectivity index (χ0v) is 7.69. The van der Waals surface area contributed by atoms with Crippen LogP contribution in [0.5, 0.6) is 0 Å². The van der Waals surface area contributed by atoms with Gasteiger partial charge in [0.05, 0.1) is 0 Å². The molecular weight excluding hydrogens is 168 g/mol. The van der Waals surface area contributed by atoms with Gasteiger partial charge in [0.1, 0.15) is 0 Å². The zero-order valence-electron chi connectivity index (χ0n) is 7.69. The molecule has 0 unspecified atom stereocenters. The van der Waals surface area contributed by atoms with Crippen molar-refractivity contribution >= 4 is 11.9 Å². The smallest absolute Gasteiger partial charge is 0.310 e. The van der Waals surface area contributed by atoms with E-state index in [1.807, 2.05) is 36.4 Å². The van der Waals surface area contributed by atoms with Crippen LogP contribution in [0.15, 0.2) is 36.4 Å². The van der Waals surface area contributed by atoms with Gasteiger partial charge in [-0.2, -0.15) is 0 Å². The summed E-state index contributed by atoms with van der Waals surface area (Å²) in [6.45, 7) is 2.36. The highest BCUT2D eigenvalue weighted by molar-refractivity contribution is 5.82. The number of carbonyl (C=O) groups is 2. The van der Waals surface area contributed by atoms with Crippen LogP contribution in [0.1, 0.15) is 13.8 Å². The third kappa shape index (κ3) is 10.4. The number of rotatable bonds is 0. The van der Waals surface area contributed by atoms with E-state index in [2.05, 4.69) is 4.74 Å². The average Bonchev–Trinajstić information content (AvgIpc) is 2.06. The van der Waals surface area contributed by atoms with E-state index in [9.17, 15) is 9.59 Å². The fourth-order valence-electron chi connectivity index (χ4n) is 0.587. The number of benzene rings is 1. The Morgan fingerprint density at radius 1 is 0.769 bits per heavy atom. The van der Waals surface area contributed by atoms with Crippen LogP contribution < -0.4 is 0 Å². The van der Waals surface area contributed by atoms with Crippen LogP contribution >= 0.6 is 0 Å². The predicted molar refractivity (Wildman–Crippen MR) is 48.9 cm³/mol. The third-order valence-electron chi connectivity index (χ3n) is 0.954. The Labute approximate surface area is 77.3 Å². The highest BCUT2D eigenvalue weighted by atomic mass is 16.6. The quantitative estimate of drug-likeness (QED) is 0.451. The number of ether oxygens (including phenoxy) is 1. The number of carbonyl (C=O) groups excluding carboxylic acids is 2. The van der Waals surface area contributed by atoms with E-state index in [1.165, 1.54) is 13.8 Å². The van der Waals surface area contributed by atoms with Crippen molar-refractivity contribution in [1.82, 2.24) is 0 Å². The summed E-state index contributed by atoms with van der Waals surface area (Å²) < 4.78 is 3.97. The second-order valence-electron chi connectivity index (χ2n) is 2.24. The van der Waals surface area contributed by atoms with Crippen molar-refractivity contribution in [2.75, 3.05) is 0 Å². The molecule has 3 heteroatoms. The van der Waals surface area contributed by atoms with Crippen LogP contribution in [0.2, 0.25) is 0 Å². The SMILES string of the molecule is CC(=O)OC(C)=O.c1ccccc1. The first kappa shape index (κ1) is 11.4. The second kappa shape index (κ2) is 7.03. The largest absolute Gasteiger partial charge is 0.394 e. The Bertz CT molecular complexity index is 215. The zero-order chi connectivity index (χ0) is 10.1. The van der Waals surface area contributed by atoms with Gasteiger partial charge in [-0.05, 0) is 0 Å². The van der Waals surface area contributed by atoms with Crippen LogP contribution in [0.25, 0.3) is 0 Å². The Kier molecular flexibility index (Phi) is 6.15. The molecule has 0 aliphatic heterocycles. The van der Waals surface area contributed by atoms with Crippen molar-refractivity contribution < 1.29 is 14.3 Å². The molecule has 0 atom stereocenters. The molecule has 0 spiro atoms. The van der Waals surface area contributed by atoms with E-state index in [-0.39, 0.29) is 0 Å². The summed E-state index contributed by atoms with van der Waals surface area (Å²) in [5.74, 6) is -1.12. The van der Waals surface area contributed by atoms with Gasteiger partial charge in [-0.25, -0.2) is 0 Å². The van der Waals surface area contributed by atoms with E-state index < -0.39 is 11.9 Å². The molecule has 0 amide bonds. The molecule has 0 fully saturated rings. The van der Waals surface area contributed by atoms with Gasteiger partial charge >= 0.3 is 11.9 Å². The molecule has 0 radical (unpaired) electrons. The summed E-state index contributed by atoms with van der Waals surface area (Å²) in [6.07, 6.45) is 0. The van der Waals surface area contributed by atoms with Gasteiger partial charge in [-0.3, -0.25) is 9.59 Å². The minimum absolute atomic E-state index is 0.562. The van der Waals surface area contributed by atoms with E-state index in [0.29, 0.717) is 0 Å². The van der Waals surface area contributed by atoms with Gasteiger partial charge < -0.3 is 4.74 Å². The molecule has 0 aromatic heterocycles. The summed E-state index contributed by atoms with van der Waals surface area (Å²) in [7, 11) is 0. The Hall–Kier alpha value is -1.64. The van der Waals surface area contributed by atoms with Gasteiger partial charge in [-0.1, -0.05) is 36.4 Å². The average molecular weight is 180 g/mol. The molecule has 1 aromatic carbocycles. The summed E-state index contributed by atoms with van der Waals surface area (Å²) in [5.41, 5.74) is 0. The predicted octanol–water partition coefficient (Wildman–Crippen LogP) is 1.78. The highest BCUT2D eigenvalue weighted by Crippen LogP contribution is 1.79. The lowest BCUT2D eigenvalue weighted by Gasteiger charge is -1.87. The lowest BCUT2D eigenvalue weighted by molar-refractivity contribution is -0.156. The normalized spacial score (nSPS) is 7.85. The van der Waals surface area contributed by atoms with Crippen molar-refractivity contribution in [3.05, 3.63) is 36.4 Å². The molecule has 0 aliphatic rings. The maximum absolute atomic E-state index is 9.81. The van der Waals surface area contributed by atoms with Crippen LogP contribution in [0.3, 0.4) is 0 Å². The molecule has 70 valence electrons. The Balaban J connectivity index is 0.000000223. The van der Waals surface area contributed by atoms with E-state index in [0.717, 1.165) is 0 Å². The maximum Gasteiger partial charge on any atom is 0.310 e. The molecule has 0 saturated heterocycles. The minimum atomic E-state index is -0.562. The third-order valence-corrected chi connectivity index (χ3v) is 0.954. The molecule has 0 N–H and O–H groups in total. The standard InChI is InChI=1S/C6H6.C4H6O3/c1-2-4-6-5-3-1;1-3(5)7-4(2)6/h1-6H;1-2H3. The van der Waals surface area contributed by atoms with Gasteiger partial charge in [-0.15, -0.1) is 0 Å². The van der Waals surface area contributed by atoms with Gasteiger partial charge in [0.25, 0.3) is 0 Å².